The molecule has 4 fully saturated rings. The third-order valence-corrected chi connectivity index (χ3v) is 10.9. The monoisotopic (exact) mass is 640 g/mol. The highest BCUT2D eigenvalue weighted by atomic mass is 32.2. The molecule has 4 N–H and O–H groups in total. The lowest BCUT2D eigenvalue weighted by molar-refractivity contribution is -0.155. The van der Waals surface area contributed by atoms with Crippen LogP contribution in [0, 0.1) is 35.5 Å². The Morgan fingerprint density at radius 1 is 0.622 bits per heavy atom. The number of ether oxygens (including phenoxy) is 2. The molecule has 0 aromatic heterocycles. The first-order chi connectivity index (χ1) is 21.3. The molecule has 4 aliphatic rings. The molecule has 6 unspecified atom stereocenters. The predicted molar refractivity (Wildman–Crippen MR) is 150 cm³/mol. The van der Waals surface area contributed by atoms with Crippen molar-refractivity contribution < 1.29 is 56.9 Å². The average Bonchev–Trinajstić information content (AvgIpc) is 3.46. The van der Waals surface area contributed by atoms with Gasteiger partial charge in [-0.2, -0.15) is 0 Å². The quantitative estimate of drug-likeness (QED) is 0.202. The molecule has 2 heterocycles. The Morgan fingerprint density at radius 3 is 1.40 bits per heavy atom. The van der Waals surface area contributed by atoms with Crippen molar-refractivity contribution in [2.45, 2.75) is 48.3 Å². The van der Waals surface area contributed by atoms with Crippen molar-refractivity contribution in [1.82, 2.24) is 0 Å². The van der Waals surface area contributed by atoms with Gasteiger partial charge in [0.05, 0.1) is 44.8 Å². The molecule has 2 saturated carbocycles. The summed E-state index contributed by atoms with van der Waals surface area (Å²) in [6, 6.07) is 6.55. The van der Waals surface area contributed by atoms with E-state index in [2.05, 4.69) is 20.1 Å². The summed E-state index contributed by atoms with van der Waals surface area (Å²) < 4.78 is 36.5. The number of sulfone groups is 1. The molecule has 0 radical (unpaired) electrons. The number of phenols is 2. The maximum absolute atomic E-state index is 13.6. The van der Waals surface area contributed by atoms with Gasteiger partial charge in [0.25, 0.3) is 0 Å². The van der Waals surface area contributed by atoms with Crippen LogP contribution in [0.2, 0.25) is 0 Å². The molecule has 2 aromatic carbocycles. The van der Waals surface area contributed by atoms with Crippen LogP contribution < -0.4 is 10.6 Å². The number of nitrogens with one attached hydrogen (secondary N) is 2. The van der Waals surface area contributed by atoms with Crippen LogP contribution in [0.4, 0.5) is 11.4 Å². The lowest BCUT2D eigenvalue weighted by atomic mass is 9.75. The molecule has 2 aromatic rings. The molecule has 2 aliphatic heterocycles. The van der Waals surface area contributed by atoms with Gasteiger partial charge in [0, 0.05) is 11.8 Å². The van der Waals surface area contributed by atoms with E-state index in [1.165, 1.54) is 0 Å². The van der Waals surface area contributed by atoms with Crippen molar-refractivity contribution in [1.29, 1.82) is 0 Å². The van der Waals surface area contributed by atoms with Gasteiger partial charge in [-0.1, -0.05) is 0 Å². The van der Waals surface area contributed by atoms with Crippen LogP contribution in [0.5, 0.6) is 11.5 Å². The Hall–Kier alpha value is -4.79. The standard InChI is InChI=1S/C30H28N2O12S/c33-23-7-3-15(11-21(23)31-25(35)13-1-5-17-19(9-13)29(39)43-27(17)37)45(41,42)16-4-8-24(34)22(12-16)32-26(36)14-2-6-18-20(10-14)30(40)44-28(18)38/h3-4,7-8,11-14,17-20,33-34H,1-2,5-6,9-10H2,(H,31,35)(H,32,36). The first kappa shape index (κ1) is 30.2. The van der Waals surface area contributed by atoms with Crippen LogP contribution in [0.1, 0.15) is 38.5 Å². The van der Waals surface area contributed by atoms with Gasteiger partial charge in [0.15, 0.2) is 0 Å². The number of hydrogen-bond donors (Lipinski definition) is 4. The summed E-state index contributed by atoms with van der Waals surface area (Å²) in [6.45, 7) is 0. The second-order valence-electron chi connectivity index (χ2n) is 11.8. The Morgan fingerprint density at radius 2 is 1.00 bits per heavy atom. The summed E-state index contributed by atoms with van der Waals surface area (Å²) >= 11 is 0. The van der Waals surface area contributed by atoms with Crippen molar-refractivity contribution >= 4 is 56.9 Å². The number of cyclic esters (lactones) is 4. The van der Waals surface area contributed by atoms with Crippen molar-refractivity contribution in [3.05, 3.63) is 36.4 Å². The zero-order valence-corrected chi connectivity index (χ0v) is 24.4. The fraction of sp³-hybridized carbons (Fsp3) is 0.400. The normalized spacial score (nSPS) is 27.6. The molecule has 2 aliphatic carbocycles. The Kier molecular flexibility index (Phi) is 7.59. The van der Waals surface area contributed by atoms with Crippen molar-refractivity contribution in [2.24, 2.45) is 35.5 Å². The molecule has 6 rings (SSSR count). The summed E-state index contributed by atoms with van der Waals surface area (Å²) in [5.74, 6) is -8.50. The van der Waals surface area contributed by atoms with Crippen molar-refractivity contribution in [2.75, 3.05) is 10.6 Å². The van der Waals surface area contributed by atoms with Crippen LogP contribution in [0.25, 0.3) is 0 Å². The topological polar surface area (TPSA) is 220 Å². The molecule has 0 spiro atoms. The molecular weight excluding hydrogens is 612 g/mol. The third-order valence-electron chi connectivity index (χ3n) is 9.13. The number of amides is 2. The Balaban J connectivity index is 1.17. The van der Waals surface area contributed by atoms with E-state index in [-0.39, 0.29) is 46.8 Å². The van der Waals surface area contributed by atoms with Crippen LogP contribution in [0.15, 0.2) is 46.2 Å². The first-order valence-electron chi connectivity index (χ1n) is 14.4. The second-order valence-corrected chi connectivity index (χ2v) is 13.7. The molecule has 236 valence electrons. The van der Waals surface area contributed by atoms with E-state index < -0.39 is 92.5 Å². The van der Waals surface area contributed by atoms with Crippen LogP contribution in [-0.2, 0) is 48.1 Å². The number of benzene rings is 2. The van der Waals surface area contributed by atoms with E-state index in [0.717, 1.165) is 36.4 Å². The van der Waals surface area contributed by atoms with Gasteiger partial charge in [-0.25, -0.2) is 8.42 Å². The summed E-state index contributed by atoms with van der Waals surface area (Å²) in [5.41, 5.74) is -0.389. The number of aromatic hydroxyl groups is 2. The molecular formula is C30H28N2O12S. The molecule has 6 atom stereocenters. The fourth-order valence-corrected chi connectivity index (χ4v) is 7.89. The first-order valence-corrected chi connectivity index (χ1v) is 15.9. The van der Waals surface area contributed by atoms with Crippen molar-refractivity contribution in [3.63, 3.8) is 0 Å². The summed E-state index contributed by atoms with van der Waals surface area (Å²) in [6.07, 6.45) is 1.29. The number of carbonyl (C=O) groups excluding carboxylic acids is 6. The molecule has 14 nitrogen and oxygen atoms in total. The van der Waals surface area contributed by atoms with E-state index in [1.54, 1.807) is 0 Å². The SMILES string of the molecule is O=C(Nc1cc(S(=O)(=O)c2ccc(O)c(NC(=O)C3CCC4C(=O)OC(=O)C4C3)c2)ccc1O)C1CCC2C(=O)OC(=O)C2C1. The Labute approximate surface area is 256 Å². The van der Waals surface area contributed by atoms with E-state index in [1.807, 2.05) is 0 Å². The smallest absolute Gasteiger partial charge is 0.317 e. The zero-order valence-electron chi connectivity index (χ0n) is 23.6. The molecule has 15 heteroatoms. The van der Waals surface area contributed by atoms with Gasteiger partial charge in [-0.3, -0.25) is 28.8 Å². The van der Waals surface area contributed by atoms with E-state index in [9.17, 15) is 47.4 Å². The number of fused-ring (bicyclic) bond motifs is 2. The van der Waals surface area contributed by atoms with Gasteiger partial charge >= 0.3 is 23.9 Å². The van der Waals surface area contributed by atoms with E-state index >= 15 is 0 Å². The molecule has 0 bridgehead atoms. The maximum Gasteiger partial charge on any atom is 0.317 e. The van der Waals surface area contributed by atoms with Crippen molar-refractivity contribution in [3.8, 4) is 11.5 Å². The number of anilines is 2. The van der Waals surface area contributed by atoms with E-state index in [0.29, 0.717) is 12.8 Å². The number of esters is 4. The van der Waals surface area contributed by atoms with Gasteiger partial charge in [0.2, 0.25) is 21.7 Å². The minimum atomic E-state index is -4.31. The third kappa shape index (κ3) is 5.52. The van der Waals surface area contributed by atoms with Gasteiger partial charge in [-0.05, 0) is 74.9 Å². The lowest BCUT2D eigenvalue weighted by Crippen LogP contribution is -2.33. The molecule has 2 amide bonds. The largest absolute Gasteiger partial charge is 0.506 e. The number of carbonyl (C=O) groups is 6. The molecule has 2 saturated heterocycles. The highest BCUT2D eigenvalue weighted by molar-refractivity contribution is 7.91. The predicted octanol–water partition coefficient (Wildman–Crippen LogP) is 2.04. The zero-order chi connectivity index (χ0) is 32.2. The van der Waals surface area contributed by atoms with E-state index in [4.69, 9.17) is 0 Å². The highest BCUT2D eigenvalue weighted by Gasteiger charge is 2.50. The lowest BCUT2D eigenvalue weighted by Gasteiger charge is -2.27. The van der Waals surface area contributed by atoms with Crippen LogP contribution >= 0.6 is 0 Å². The van der Waals surface area contributed by atoms with Crippen LogP contribution in [0.3, 0.4) is 0 Å². The molecule has 45 heavy (non-hydrogen) atoms. The summed E-state index contributed by atoms with van der Waals surface area (Å²) in [4.78, 5) is 73.0. The average molecular weight is 641 g/mol. The number of rotatable bonds is 6. The van der Waals surface area contributed by atoms with Gasteiger partial charge < -0.3 is 30.3 Å². The summed E-state index contributed by atoms with van der Waals surface area (Å²) in [7, 11) is -4.31. The van der Waals surface area contributed by atoms with Gasteiger partial charge in [-0.15, -0.1) is 0 Å². The number of phenolic OH excluding ortho intramolecular Hbond substituents is 2. The second kappa shape index (κ2) is 11.3. The van der Waals surface area contributed by atoms with Crippen LogP contribution in [-0.4, -0.2) is 54.3 Å². The number of hydrogen-bond acceptors (Lipinski definition) is 12. The fourth-order valence-electron chi connectivity index (χ4n) is 6.57. The maximum atomic E-state index is 13.6. The summed E-state index contributed by atoms with van der Waals surface area (Å²) in [5, 5.41) is 25.8. The highest BCUT2D eigenvalue weighted by Crippen LogP contribution is 2.42. The minimum absolute atomic E-state index is 0.0755. The minimum Gasteiger partial charge on any atom is -0.506 e. The van der Waals surface area contributed by atoms with Gasteiger partial charge in [0.1, 0.15) is 11.5 Å². The Bertz CT molecular complexity index is 1650.